The van der Waals surface area contributed by atoms with Crippen molar-refractivity contribution in [1.29, 1.82) is 0 Å². The number of ether oxygens (including phenoxy) is 3. The number of likely N-dealkylation sites (tertiary alicyclic amines) is 1. The van der Waals surface area contributed by atoms with Crippen LogP contribution in [0.25, 0.3) is 0 Å². The van der Waals surface area contributed by atoms with E-state index in [1.807, 2.05) is 4.90 Å². The molecule has 1 aromatic carbocycles. The summed E-state index contributed by atoms with van der Waals surface area (Å²) in [6, 6.07) is 6.05. The van der Waals surface area contributed by atoms with Gasteiger partial charge in [-0.2, -0.15) is 4.31 Å². The van der Waals surface area contributed by atoms with E-state index in [-0.39, 0.29) is 41.7 Å². The van der Waals surface area contributed by atoms with Gasteiger partial charge in [0.15, 0.2) is 6.29 Å². The SMILES string of the molecule is COC(=O)c1ccccc1S(=O)(=O)N1CCC(C(=O)N2CCC(C3OCCO3)CC2)CC1. The Morgan fingerprint density at radius 3 is 2.22 bits per heavy atom. The molecule has 0 aromatic heterocycles. The second-order valence-corrected chi connectivity index (χ2v) is 10.3. The minimum absolute atomic E-state index is 0.0197. The third-order valence-corrected chi connectivity index (χ3v) is 8.55. The maximum atomic E-state index is 13.2. The Bertz CT molecular complexity index is 929. The van der Waals surface area contributed by atoms with Crippen LogP contribution in [0.5, 0.6) is 0 Å². The summed E-state index contributed by atoms with van der Waals surface area (Å²) in [6.45, 7) is 3.11. The number of carbonyl (C=O) groups excluding carboxylic acids is 2. The standard InChI is InChI=1S/C22H30N2O7S/c1-29-21(26)18-4-2-3-5-19(18)32(27,28)24-12-8-16(9-13-24)20(25)23-10-6-17(7-11-23)22-30-14-15-31-22/h2-5,16-17,22H,6-15H2,1H3. The molecule has 3 aliphatic rings. The largest absolute Gasteiger partial charge is 0.465 e. The molecule has 0 N–H and O–H groups in total. The van der Waals surface area contributed by atoms with Crippen LogP contribution in [-0.4, -0.2) is 82.3 Å². The zero-order chi connectivity index (χ0) is 22.7. The normalized spacial score (nSPS) is 22.2. The van der Waals surface area contributed by atoms with E-state index in [0.29, 0.717) is 45.1 Å². The number of amides is 1. The first kappa shape index (κ1) is 23.2. The zero-order valence-electron chi connectivity index (χ0n) is 18.3. The van der Waals surface area contributed by atoms with Gasteiger partial charge in [0.05, 0.1) is 30.8 Å². The molecule has 9 nitrogen and oxygen atoms in total. The van der Waals surface area contributed by atoms with Gasteiger partial charge in [0, 0.05) is 38.0 Å². The maximum Gasteiger partial charge on any atom is 0.339 e. The predicted octanol–water partition coefficient (Wildman–Crippen LogP) is 1.49. The second kappa shape index (κ2) is 9.86. The van der Waals surface area contributed by atoms with Crippen LogP contribution < -0.4 is 0 Å². The van der Waals surface area contributed by atoms with Gasteiger partial charge in [-0.05, 0) is 37.8 Å². The van der Waals surface area contributed by atoms with Crippen LogP contribution in [0.2, 0.25) is 0 Å². The topological polar surface area (TPSA) is 102 Å². The predicted molar refractivity (Wildman–Crippen MR) is 114 cm³/mol. The monoisotopic (exact) mass is 466 g/mol. The molecule has 3 fully saturated rings. The van der Waals surface area contributed by atoms with Gasteiger partial charge in [0.2, 0.25) is 15.9 Å². The van der Waals surface area contributed by atoms with Crippen LogP contribution in [0.4, 0.5) is 0 Å². The van der Waals surface area contributed by atoms with Crippen molar-refractivity contribution in [3.8, 4) is 0 Å². The van der Waals surface area contributed by atoms with Gasteiger partial charge >= 0.3 is 5.97 Å². The molecule has 32 heavy (non-hydrogen) atoms. The highest BCUT2D eigenvalue weighted by molar-refractivity contribution is 7.89. The molecule has 0 bridgehead atoms. The van der Waals surface area contributed by atoms with E-state index in [9.17, 15) is 18.0 Å². The highest BCUT2D eigenvalue weighted by atomic mass is 32.2. The molecular formula is C22H30N2O7S. The molecule has 0 saturated carbocycles. The van der Waals surface area contributed by atoms with Crippen LogP contribution in [0.15, 0.2) is 29.2 Å². The number of benzene rings is 1. The Kier molecular flexibility index (Phi) is 7.14. The number of piperidine rings is 2. The van der Waals surface area contributed by atoms with Crippen LogP contribution >= 0.6 is 0 Å². The number of rotatable bonds is 5. The smallest absolute Gasteiger partial charge is 0.339 e. The Morgan fingerprint density at radius 1 is 0.969 bits per heavy atom. The van der Waals surface area contributed by atoms with Gasteiger partial charge in [-0.1, -0.05) is 12.1 Å². The lowest BCUT2D eigenvalue weighted by Gasteiger charge is -2.37. The van der Waals surface area contributed by atoms with Crippen LogP contribution in [-0.2, 0) is 29.0 Å². The molecule has 3 saturated heterocycles. The number of methoxy groups -OCH3 is 1. The molecule has 0 unspecified atom stereocenters. The first-order valence-electron chi connectivity index (χ1n) is 11.1. The van der Waals surface area contributed by atoms with E-state index < -0.39 is 16.0 Å². The van der Waals surface area contributed by atoms with Gasteiger partial charge in [0.25, 0.3) is 0 Å². The molecule has 0 radical (unpaired) electrons. The summed E-state index contributed by atoms with van der Waals surface area (Å²) in [6.07, 6.45) is 2.50. The maximum absolute atomic E-state index is 13.2. The summed E-state index contributed by atoms with van der Waals surface area (Å²) in [5.41, 5.74) is 0.0197. The van der Waals surface area contributed by atoms with Crippen LogP contribution in [0.1, 0.15) is 36.0 Å². The summed E-state index contributed by atoms with van der Waals surface area (Å²) in [4.78, 5) is 26.9. The molecular weight excluding hydrogens is 436 g/mol. The average Bonchev–Trinajstić information content (AvgIpc) is 3.38. The fourth-order valence-electron chi connectivity index (χ4n) is 4.75. The lowest BCUT2D eigenvalue weighted by molar-refractivity contribution is -0.142. The zero-order valence-corrected chi connectivity index (χ0v) is 19.1. The third-order valence-electron chi connectivity index (χ3n) is 6.60. The van der Waals surface area contributed by atoms with E-state index in [2.05, 4.69) is 0 Å². The molecule has 0 atom stereocenters. The molecule has 3 aliphatic heterocycles. The lowest BCUT2D eigenvalue weighted by Crippen LogP contribution is -2.47. The molecule has 176 valence electrons. The molecule has 0 spiro atoms. The van der Waals surface area contributed by atoms with E-state index in [1.165, 1.54) is 23.5 Å². The van der Waals surface area contributed by atoms with E-state index >= 15 is 0 Å². The van der Waals surface area contributed by atoms with Crippen molar-refractivity contribution in [3.05, 3.63) is 29.8 Å². The molecule has 4 rings (SSSR count). The van der Waals surface area contributed by atoms with Crippen molar-refractivity contribution in [2.45, 2.75) is 36.9 Å². The first-order valence-corrected chi connectivity index (χ1v) is 12.6. The van der Waals surface area contributed by atoms with Gasteiger partial charge in [0.1, 0.15) is 0 Å². The number of carbonyl (C=O) groups is 2. The van der Waals surface area contributed by atoms with Crippen LogP contribution in [0.3, 0.4) is 0 Å². The summed E-state index contributed by atoms with van der Waals surface area (Å²) in [5.74, 6) is -0.453. The lowest BCUT2D eigenvalue weighted by atomic mass is 9.92. The van der Waals surface area contributed by atoms with Gasteiger partial charge in [-0.15, -0.1) is 0 Å². The number of hydrogen-bond donors (Lipinski definition) is 0. The molecule has 1 amide bonds. The van der Waals surface area contributed by atoms with Crippen molar-refractivity contribution in [3.63, 3.8) is 0 Å². The molecule has 1 aromatic rings. The fraction of sp³-hybridized carbons (Fsp3) is 0.636. The molecule has 3 heterocycles. The highest BCUT2D eigenvalue weighted by Gasteiger charge is 2.37. The quantitative estimate of drug-likeness (QED) is 0.606. The molecule has 10 heteroatoms. The van der Waals surface area contributed by atoms with E-state index in [0.717, 1.165) is 12.8 Å². The summed E-state index contributed by atoms with van der Waals surface area (Å²) >= 11 is 0. The Labute approximate surface area is 188 Å². The minimum atomic E-state index is -3.86. The van der Waals surface area contributed by atoms with Crippen molar-refractivity contribution < 1.29 is 32.2 Å². The van der Waals surface area contributed by atoms with E-state index in [1.54, 1.807) is 12.1 Å². The third kappa shape index (κ3) is 4.68. The summed E-state index contributed by atoms with van der Waals surface area (Å²) in [7, 11) is -2.64. The Balaban J connectivity index is 1.34. The van der Waals surface area contributed by atoms with Gasteiger partial charge in [-0.3, -0.25) is 4.79 Å². The number of sulfonamides is 1. The average molecular weight is 467 g/mol. The van der Waals surface area contributed by atoms with Crippen LogP contribution in [0, 0.1) is 11.8 Å². The first-order chi connectivity index (χ1) is 15.4. The van der Waals surface area contributed by atoms with Gasteiger partial charge in [-0.25, -0.2) is 13.2 Å². The van der Waals surface area contributed by atoms with Gasteiger partial charge < -0.3 is 19.1 Å². The number of nitrogens with zero attached hydrogens (tertiary/aromatic N) is 2. The molecule has 0 aliphatic carbocycles. The van der Waals surface area contributed by atoms with Crippen molar-refractivity contribution in [2.24, 2.45) is 11.8 Å². The number of hydrogen-bond acceptors (Lipinski definition) is 7. The van der Waals surface area contributed by atoms with Crippen molar-refractivity contribution >= 4 is 21.9 Å². The van der Waals surface area contributed by atoms with Crippen molar-refractivity contribution in [2.75, 3.05) is 46.5 Å². The Hall–Kier alpha value is -2.01. The van der Waals surface area contributed by atoms with E-state index in [4.69, 9.17) is 14.2 Å². The summed E-state index contributed by atoms with van der Waals surface area (Å²) in [5, 5.41) is 0. The summed E-state index contributed by atoms with van der Waals surface area (Å²) < 4.78 is 43.6. The second-order valence-electron chi connectivity index (χ2n) is 8.44. The Morgan fingerprint density at radius 2 is 1.59 bits per heavy atom. The number of esters is 1. The van der Waals surface area contributed by atoms with Crippen molar-refractivity contribution in [1.82, 2.24) is 9.21 Å². The highest BCUT2D eigenvalue weighted by Crippen LogP contribution is 2.30. The fourth-order valence-corrected chi connectivity index (χ4v) is 6.40. The minimum Gasteiger partial charge on any atom is -0.465 e.